The minimum atomic E-state index is 0.608. The van der Waals surface area contributed by atoms with E-state index in [-0.39, 0.29) is 0 Å². The van der Waals surface area contributed by atoms with Crippen molar-refractivity contribution in [2.24, 2.45) is 11.8 Å². The normalized spacial score (nSPS) is 29.6. The van der Waals surface area contributed by atoms with Crippen molar-refractivity contribution in [2.45, 2.75) is 71.3 Å². The largest absolute Gasteiger partial charge is 0.381 e. The van der Waals surface area contributed by atoms with Crippen molar-refractivity contribution >= 4 is 5.69 Å². The van der Waals surface area contributed by atoms with Crippen LogP contribution in [-0.4, -0.2) is 6.04 Å². The first-order valence-corrected chi connectivity index (χ1v) is 9.16. The van der Waals surface area contributed by atoms with E-state index in [1.807, 2.05) is 0 Å². The summed E-state index contributed by atoms with van der Waals surface area (Å²) in [6.07, 6.45) is 7.79. The first-order chi connectivity index (χ1) is 10.6. The molecule has 2 aliphatic rings. The number of anilines is 1. The molecule has 1 heterocycles. The van der Waals surface area contributed by atoms with Crippen LogP contribution in [0.15, 0.2) is 30.4 Å². The van der Waals surface area contributed by atoms with Gasteiger partial charge in [0.1, 0.15) is 0 Å². The molecule has 4 unspecified atom stereocenters. The Morgan fingerprint density at radius 3 is 2.82 bits per heavy atom. The van der Waals surface area contributed by atoms with E-state index in [0.29, 0.717) is 17.9 Å². The number of allylic oxidation sites excluding steroid dienone is 1. The van der Waals surface area contributed by atoms with E-state index in [2.05, 4.69) is 50.9 Å². The summed E-state index contributed by atoms with van der Waals surface area (Å²) in [5.74, 6) is 2.05. The first-order valence-electron chi connectivity index (χ1n) is 9.16. The second kappa shape index (κ2) is 6.48. The van der Waals surface area contributed by atoms with Crippen molar-refractivity contribution in [1.82, 2.24) is 0 Å². The maximum absolute atomic E-state index is 4.28. The molecule has 0 bridgehead atoms. The summed E-state index contributed by atoms with van der Waals surface area (Å²) >= 11 is 0. The highest BCUT2D eigenvalue weighted by atomic mass is 15.0. The third-order valence-corrected chi connectivity index (χ3v) is 5.87. The minimum absolute atomic E-state index is 0.608. The summed E-state index contributed by atoms with van der Waals surface area (Å²) in [6, 6.07) is 7.80. The Bertz CT molecular complexity index is 545. The maximum Gasteiger partial charge on any atom is 0.0381 e. The molecule has 0 radical (unpaired) electrons. The van der Waals surface area contributed by atoms with Gasteiger partial charge in [0.2, 0.25) is 0 Å². The number of hydrogen-bond donors (Lipinski definition) is 1. The number of fused-ring (bicyclic) bond motifs is 3. The van der Waals surface area contributed by atoms with Gasteiger partial charge < -0.3 is 5.32 Å². The zero-order chi connectivity index (χ0) is 15.7. The van der Waals surface area contributed by atoms with Crippen molar-refractivity contribution < 1.29 is 0 Å². The Hall–Kier alpha value is -1.24. The van der Waals surface area contributed by atoms with Gasteiger partial charge in [0.15, 0.2) is 0 Å². The van der Waals surface area contributed by atoms with Gasteiger partial charge in [-0.25, -0.2) is 0 Å². The van der Waals surface area contributed by atoms with Gasteiger partial charge >= 0.3 is 0 Å². The average molecular weight is 297 g/mol. The molecule has 1 aromatic rings. The molecular weight excluding hydrogens is 266 g/mol. The summed E-state index contributed by atoms with van der Waals surface area (Å²) in [6.45, 7) is 11.2. The third kappa shape index (κ3) is 2.83. The fourth-order valence-corrected chi connectivity index (χ4v) is 4.53. The number of hydrogen-bond acceptors (Lipinski definition) is 1. The number of aryl methyl sites for hydroxylation is 1. The summed E-state index contributed by atoms with van der Waals surface area (Å²) in [5, 5.41) is 3.86. The van der Waals surface area contributed by atoms with E-state index in [1.54, 1.807) is 5.56 Å². The smallest absolute Gasteiger partial charge is 0.0381 e. The quantitative estimate of drug-likeness (QED) is 0.525. The number of rotatable bonds is 5. The highest BCUT2D eigenvalue weighted by Crippen LogP contribution is 2.51. The minimum Gasteiger partial charge on any atom is -0.381 e. The molecule has 0 amide bonds. The number of unbranched alkanes of at least 4 members (excludes halogenated alkanes) is 2. The third-order valence-electron chi connectivity index (χ3n) is 5.87. The highest BCUT2D eigenvalue weighted by Gasteiger charge is 2.43. The van der Waals surface area contributed by atoms with Gasteiger partial charge in [0.05, 0.1) is 0 Å². The molecule has 1 aromatic carbocycles. The van der Waals surface area contributed by atoms with E-state index < -0.39 is 0 Å². The van der Waals surface area contributed by atoms with Gasteiger partial charge in [-0.05, 0) is 61.6 Å². The Balaban J connectivity index is 1.84. The van der Waals surface area contributed by atoms with Crippen LogP contribution in [0.3, 0.4) is 0 Å². The van der Waals surface area contributed by atoms with E-state index in [1.165, 1.54) is 55.3 Å². The molecule has 1 fully saturated rings. The van der Waals surface area contributed by atoms with Gasteiger partial charge in [0.25, 0.3) is 0 Å². The van der Waals surface area contributed by atoms with Crippen molar-refractivity contribution in [1.29, 1.82) is 0 Å². The lowest BCUT2D eigenvalue weighted by molar-refractivity contribution is 0.262. The predicted molar refractivity (Wildman–Crippen MR) is 96.5 cm³/mol. The van der Waals surface area contributed by atoms with Crippen LogP contribution in [0.2, 0.25) is 0 Å². The van der Waals surface area contributed by atoms with Crippen molar-refractivity contribution in [3.8, 4) is 0 Å². The van der Waals surface area contributed by atoms with Crippen LogP contribution in [0, 0.1) is 11.8 Å². The molecule has 4 atom stereocenters. The van der Waals surface area contributed by atoms with Crippen LogP contribution < -0.4 is 5.32 Å². The van der Waals surface area contributed by atoms with Gasteiger partial charge in [0, 0.05) is 17.6 Å². The van der Waals surface area contributed by atoms with Crippen LogP contribution in [0.5, 0.6) is 0 Å². The van der Waals surface area contributed by atoms with E-state index >= 15 is 0 Å². The second-order valence-corrected chi connectivity index (χ2v) is 7.58. The lowest BCUT2D eigenvalue weighted by Crippen LogP contribution is -2.37. The zero-order valence-corrected chi connectivity index (χ0v) is 14.5. The molecule has 1 nitrogen and oxygen atoms in total. The van der Waals surface area contributed by atoms with Gasteiger partial charge in [-0.1, -0.05) is 51.0 Å². The summed E-state index contributed by atoms with van der Waals surface area (Å²) in [7, 11) is 0. The van der Waals surface area contributed by atoms with Crippen LogP contribution >= 0.6 is 0 Å². The lowest BCUT2D eigenvalue weighted by Gasteiger charge is -2.38. The zero-order valence-electron chi connectivity index (χ0n) is 14.5. The molecule has 1 aliphatic carbocycles. The monoisotopic (exact) mass is 297 g/mol. The molecule has 22 heavy (non-hydrogen) atoms. The number of benzene rings is 1. The van der Waals surface area contributed by atoms with Crippen molar-refractivity contribution in [3.63, 3.8) is 0 Å². The van der Waals surface area contributed by atoms with Gasteiger partial charge in [-0.15, -0.1) is 0 Å². The maximum atomic E-state index is 4.28. The van der Waals surface area contributed by atoms with Crippen LogP contribution in [-0.2, 0) is 6.42 Å². The SMILES string of the molecule is C=C(C)C1CCC(C)C2Nc3cc(CCCCC)ccc3C12. The standard InChI is InChI=1S/C21H31N/c1-5-6-7-8-16-10-12-18-19(13-16)22-21-15(4)9-11-17(14(2)3)20(18)21/h10,12-13,15,17,20-22H,2,5-9,11H2,1,3-4H3. The molecule has 0 saturated heterocycles. The molecule has 3 rings (SSSR count). The Morgan fingerprint density at radius 2 is 2.09 bits per heavy atom. The molecule has 1 N–H and O–H groups in total. The molecule has 0 spiro atoms. The number of nitrogens with one attached hydrogen (secondary N) is 1. The Morgan fingerprint density at radius 1 is 1.27 bits per heavy atom. The van der Waals surface area contributed by atoms with Gasteiger partial charge in [-0.3, -0.25) is 0 Å². The van der Waals surface area contributed by atoms with Gasteiger partial charge in [-0.2, -0.15) is 0 Å². The van der Waals surface area contributed by atoms with Crippen LogP contribution in [0.4, 0.5) is 5.69 Å². The molecular formula is C21H31N. The molecule has 120 valence electrons. The predicted octanol–water partition coefficient (Wildman–Crippen LogP) is 5.92. The summed E-state index contributed by atoms with van der Waals surface area (Å²) in [4.78, 5) is 0. The average Bonchev–Trinajstić information content (AvgIpc) is 2.87. The van der Waals surface area contributed by atoms with E-state index in [9.17, 15) is 0 Å². The lowest BCUT2D eigenvalue weighted by atomic mass is 9.68. The molecule has 1 heteroatoms. The fraction of sp³-hybridized carbons (Fsp3) is 0.619. The first kappa shape index (κ1) is 15.6. The van der Waals surface area contributed by atoms with E-state index in [0.717, 1.165) is 5.92 Å². The molecule has 1 aliphatic heterocycles. The molecule has 1 saturated carbocycles. The summed E-state index contributed by atoms with van der Waals surface area (Å²) in [5.41, 5.74) is 5.81. The topological polar surface area (TPSA) is 12.0 Å². The fourth-order valence-electron chi connectivity index (χ4n) is 4.53. The summed E-state index contributed by atoms with van der Waals surface area (Å²) < 4.78 is 0. The molecule has 0 aromatic heterocycles. The van der Waals surface area contributed by atoms with Crippen molar-refractivity contribution in [3.05, 3.63) is 41.5 Å². The Kier molecular flexibility index (Phi) is 4.61. The van der Waals surface area contributed by atoms with E-state index in [4.69, 9.17) is 0 Å². The Labute approximate surface area is 136 Å². The van der Waals surface area contributed by atoms with Crippen LogP contribution in [0.25, 0.3) is 0 Å². The van der Waals surface area contributed by atoms with Crippen molar-refractivity contribution in [2.75, 3.05) is 5.32 Å². The highest BCUT2D eigenvalue weighted by molar-refractivity contribution is 5.62. The second-order valence-electron chi connectivity index (χ2n) is 7.58. The van der Waals surface area contributed by atoms with Crippen LogP contribution in [0.1, 0.15) is 69.9 Å².